The predicted octanol–water partition coefficient (Wildman–Crippen LogP) is 11.6. The highest BCUT2D eigenvalue weighted by atomic mass is 32.1. The first-order chi connectivity index (χ1) is 23.1. The Morgan fingerprint density at radius 1 is 0.574 bits per heavy atom. The minimum atomic E-state index is -0.0783. The van der Waals surface area contributed by atoms with Gasteiger partial charge in [-0.05, 0) is 51.4 Å². The van der Waals surface area contributed by atoms with Crippen LogP contribution in [0.2, 0.25) is 0 Å². The summed E-state index contributed by atoms with van der Waals surface area (Å²) in [6, 6.07) is 49.9. The van der Waals surface area contributed by atoms with Gasteiger partial charge in [0, 0.05) is 32.0 Å². The third kappa shape index (κ3) is 3.73. The summed E-state index contributed by atoms with van der Waals surface area (Å²) in [5.74, 6) is 0.690. The molecule has 3 aromatic heterocycles. The highest BCUT2D eigenvalue weighted by Gasteiger charge is 2.39. The lowest BCUT2D eigenvalue weighted by Crippen LogP contribution is -2.14. The fourth-order valence-electron chi connectivity index (χ4n) is 7.82. The minimum absolute atomic E-state index is 0.0783. The quantitative estimate of drug-likeness (QED) is 0.197. The van der Waals surface area contributed by atoms with Crippen LogP contribution in [0.4, 0.5) is 0 Å². The summed E-state index contributed by atoms with van der Waals surface area (Å²) < 4.78 is 3.60. The van der Waals surface area contributed by atoms with E-state index in [0.717, 1.165) is 33.2 Å². The fourth-order valence-corrected chi connectivity index (χ4v) is 9.36. The number of para-hydroxylation sites is 1. The predicted molar refractivity (Wildman–Crippen MR) is 198 cm³/mol. The van der Waals surface area contributed by atoms with Gasteiger partial charge in [0.1, 0.15) is 0 Å². The van der Waals surface area contributed by atoms with Crippen LogP contribution in [-0.4, -0.2) is 14.5 Å². The van der Waals surface area contributed by atoms with Crippen molar-refractivity contribution < 1.29 is 0 Å². The first kappa shape index (κ1) is 26.6. The Bertz CT molecular complexity index is 2700. The van der Waals surface area contributed by atoms with Crippen LogP contribution in [0.25, 0.3) is 81.6 Å². The van der Waals surface area contributed by atoms with Crippen LogP contribution in [-0.2, 0) is 5.41 Å². The Kier molecular flexibility index (Phi) is 5.50. The van der Waals surface area contributed by atoms with Gasteiger partial charge in [0.2, 0.25) is 5.95 Å². The van der Waals surface area contributed by atoms with E-state index in [4.69, 9.17) is 9.97 Å². The number of benzene rings is 6. The zero-order valence-corrected chi connectivity index (χ0v) is 26.8. The number of rotatable bonds is 3. The van der Waals surface area contributed by atoms with Gasteiger partial charge in [0.25, 0.3) is 0 Å². The van der Waals surface area contributed by atoms with E-state index in [0.29, 0.717) is 5.95 Å². The standard InChI is InChI=1S/C43H29N3S/c1-43(2)34-19-11-9-18-31(34)40-37(43)32-23-22-30-29-17-10-12-20-36(29)46(39(30)41(32)47-40)42-44-35-24-21-28(26-13-5-3-6-14-26)25-33(35)38(45-42)27-15-7-4-8-16-27/h3-25H,1-2H3. The van der Waals surface area contributed by atoms with E-state index in [1.165, 1.54) is 53.5 Å². The molecule has 1 aliphatic rings. The van der Waals surface area contributed by atoms with Crippen LogP contribution in [0.3, 0.4) is 0 Å². The largest absolute Gasteiger partial charge is 0.276 e. The molecule has 0 fully saturated rings. The summed E-state index contributed by atoms with van der Waals surface area (Å²) >= 11 is 1.91. The van der Waals surface area contributed by atoms with Gasteiger partial charge in [-0.2, -0.15) is 0 Å². The van der Waals surface area contributed by atoms with Gasteiger partial charge >= 0.3 is 0 Å². The molecule has 0 aliphatic heterocycles. The Morgan fingerprint density at radius 3 is 2.11 bits per heavy atom. The van der Waals surface area contributed by atoms with Crippen molar-refractivity contribution in [3.8, 4) is 38.8 Å². The maximum absolute atomic E-state index is 5.44. The van der Waals surface area contributed by atoms with E-state index in [9.17, 15) is 0 Å². The van der Waals surface area contributed by atoms with E-state index < -0.39 is 0 Å². The van der Waals surface area contributed by atoms with Gasteiger partial charge in [0.15, 0.2) is 0 Å². The number of aromatic nitrogens is 3. The van der Waals surface area contributed by atoms with E-state index >= 15 is 0 Å². The molecular weight excluding hydrogens is 591 g/mol. The molecule has 9 aromatic rings. The van der Waals surface area contributed by atoms with E-state index in [2.05, 4.69) is 158 Å². The lowest BCUT2D eigenvalue weighted by atomic mass is 9.81. The van der Waals surface area contributed by atoms with Crippen LogP contribution in [0.15, 0.2) is 140 Å². The lowest BCUT2D eigenvalue weighted by Gasteiger charge is -2.21. The third-order valence-electron chi connectivity index (χ3n) is 10.00. The molecule has 10 rings (SSSR count). The SMILES string of the molecule is CC1(C)c2ccccc2-c2sc3c(ccc4c5ccccc5n(-c5nc(-c6ccccc6)c6cc(-c7ccccc7)ccc6n5)c43)c21. The van der Waals surface area contributed by atoms with Crippen molar-refractivity contribution in [3.63, 3.8) is 0 Å². The second-order valence-corrected chi connectivity index (χ2v) is 14.0. The molecule has 3 heterocycles. The Labute approximate surface area is 276 Å². The molecule has 0 radical (unpaired) electrons. The molecule has 0 amide bonds. The topological polar surface area (TPSA) is 30.7 Å². The highest BCUT2D eigenvalue weighted by molar-refractivity contribution is 7.23. The molecule has 1 aliphatic carbocycles. The molecule has 0 atom stereocenters. The summed E-state index contributed by atoms with van der Waals surface area (Å²) in [5, 5.41) is 4.80. The van der Waals surface area contributed by atoms with Gasteiger partial charge in [-0.1, -0.05) is 135 Å². The summed E-state index contributed by atoms with van der Waals surface area (Å²) in [7, 11) is 0. The number of hydrogen-bond acceptors (Lipinski definition) is 3. The average molecular weight is 620 g/mol. The number of nitrogens with zero attached hydrogens (tertiary/aromatic N) is 3. The second kappa shape index (κ2) is 9.71. The molecule has 0 bridgehead atoms. The first-order valence-electron chi connectivity index (χ1n) is 16.1. The van der Waals surface area contributed by atoms with Crippen LogP contribution in [0.1, 0.15) is 25.0 Å². The Balaban J connectivity index is 1.31. The normalized spacial score (nSPS) is 13.5. The van der Waals surface area contributed by atoms with E-state index in [-0.39, 0.29) is 5.41 Å². The zero-order chi connectivity index (χ0) is 31.3. The Morgan fingerprint density at radius 2 is 1.28 bits per heavy atom. The molecule has 0 unspecified atom stereocenters. The molecule has 222 valence electrons. The smallest absolute Gasteiger partial charge is 0.235 e. The third-order valence-corrected chi connectivity index (χ3v) is 11.2. The lowest BCUT2D eigenvalue weighted by molar-refractivity contribution is 0.667. The highest BCUT2D eigenvalue weighted by Crippen LogP contribution is 2.56. The first-order valence-corrected chi connectivity index (χ1v) is 16.9. The zero-order valence-electron chi connectivity index (χ0n) is 26.0. The van der Waals surface area contributed by atoms with E-state index in [1.807, 2.05) is 11.3 Å². The minimum Gasteiger partial charge on any atom is -0.276 e. The van der Waals surface area contributed by atoms with Crippen molar-refractivity contribution in [1.29, 1.82) is 0 Å². The molecule has 47 heavy (non-hydrogen) atoms. The summed E-state index contributed by atoms with van der Waals surface area (Å²) in [6.07, 6.45) is 0. The van der Waals surface area contributed by atoms with Crippen molar-refractivity contribution >= 4 is 54.1 Å². The van der Waals surface area contributed by atoms with Gasteiger partial charge in [-0.15, -0.1) is 11.3 Å². The Hall–Kier alpha value is -5.58. The maximum atomic E-state index is 5.44. The monoisotopic (exact) mass is 619 g/mol. The van der Waals surface area contributed by atoms with Crippen molar-refractivity contribution in [2.45, 2.75) is 19.3 Å². The van der Waals surface area contributed by atoms with Crippen LogP contribution < -0.4 is 0 Å². The summed E-state index contributed by atoms with van der Waals surface area (Å²) in [6.45, 7) is 4.73. The average Bonchev–Trinajstić information content (AvgIpc) is 3.75. The van der Waals surface area contributed by atoms with Crippen LogP contribution >= 0.6 is 11.3 Å². The molecule has 0 saturated heterocycles. The van der Waals surface area contributed by atoms with Crippen molar-refractivity contribution in [2.75, 3.05) is 0 Å². The molecule has 4 heteroatoms. The van der Waals surface area contributed by atoms with Gasteiger partial charge < -0.3 is 0 Å². The molecule has 6 aromatic carbocycles. The van der Waals surface area contributed by atoms with E-state index in [1.54, 1.807) is 0 Å². The summed E-state index contributed by atoms with van der Waals surface area (Å²) in [4.78, 5) is 12.1. The molecule has 0 saturated carbocycles. The molecule has 0 spiro atoms. The van der Waals surface area contributed by atoms with Crippen molar-refractivity contribution in [3.05, 3.63) is 151 Å². The van der Waals surface area contributed by atoms with Gasteiger partial charge in [-0.25, -0.2) is 9.97 Å². The number of hydrogen-bond donors (Lipinski definition) is 0. The summed E-state index contributed by atoms with van der Waals surface area (Å²) in [5.41, 5.74) is 11.7. The molecular formula is C43H29N3S. The van der Waals surface area contributed by atoms with Crippen LogP contribution in [0, 0.1) is 0 Å². The van der Waals surface area contributed by atoms with Gasteiger partial charge in [0.05, 0.1) is 26.9 Å². The van der Waals surface area contributed by atoms with Crippen molar-refractivity contribution in [1.82, 2.24) is 14.5 Å². The van der Waals surface area contributed by atoms with Gasteiger partial charge in [-0.3, -0.25) is 4.57 Å². The van der Waals surface area contributed by atoms with Crippen molar-refractivity contribution in [2.24, 2.45) is 0 Å². The molecule has 0 N–H and O–H groups in total. The molecule has 3 nitrogen and oxygen atoms in total. The second-order valence-electron chi connectivity index (χ2n) is 13.0. The maximum Gasteiger partial charge on any atom is 0.235 e. The number of fused-ring (bicyclic) bond motifs is 10. The van der Waals surface area contributed by atoms with Crippen LogP contribution in [0.5, 0.6) is 0 Å². The fraction of sp³-hybridized carbons (Fsp3) is 0.0698. The number of thiophene rings is 1.